The second kappa shape index (κ2) is 22.2. The molecule has 0 atom stereocenters. The molecular formula is C84H54N12. The average molecular weight is 1230 g/mol. The fourth-order valence-corrected chi connectivity index (χ4v) is 14.2. The molecule has 0 N–H and O–H groups in total. The smallest absolute Gasteiger partial charge is 0.100 e. The van der Waals surface area contributed by atoms with Crippen molar-refractivity contribution in [2.75, 3.05) is 0 Å². The quantitative estimate of drug-likeness (QED) is 0.121. The van der Waals surface area contributed by atoms with Crippen LogP contribution in [0, 0.1) is 0 Å². The van der Waals surface area contributed by atoms with Crippen LogP contribution in [-0.4, -0.2) is 57.3 Å². The highest BCUT2D eigenvalue weighted by Gasteiger charge is 2.30. The first-order valence-electron chi connectivity index (χ1n) is 32.0. The van der Waals surface area contributed by atoms with Crippen LogP contribution in [0.1, 0.15) is 0 Å². The molecule has 19 rings (SSSR count). The molecule has 6 heterocycles. The lowest BCUT2D eigenvalue weighted by Crippen LogP contribution is -2.03. The van der Waals surface area contributed by atoms with Crippen molar-refractivity contribution in [1.29, 1.82) is 0 Å². The van der Waals surface area contributed by atoms with Gasteiger partial charge in [0.05, 0.1) is 66.2 Å². The van der Waals surface area contributed by atoms with Crippen LogP contribution in [0.25, 0.3) is 167 Å². The van der Waals surface area contributed by atoms with Crippen molar-refractivity contribution >= 4 is 66.2 Å². The maximum atomic E-state index is 4.84. The maximum absolute atomic E-state index is 4.84. The lowest BCUT2D eigenvalue weighted by Gasteiger charge is -2.29. The molecule has 13 aromatic carbocycles. The minimum atomic E-state index is 0.932. The third kappa shape index (κ3) is 8.99. The molecule has 0 spiro atoms. The van der Waals surface area contributed by atoms with Crippen molar-refractivity contribution in [1.82, 2.24) is 57.3 Å². The molecule has 0 fully saturated rings. The van der Waals surface area contributed by atoms with E-state index in [9.17, 15) is 0 Å². The van der Waals surface area contributed by atoms with Crippen LogP contribution in [-0.2, 0) is 0 Å². The Morgan fingerprint density at radius 3 is 0.427 bits per heavy atom. The number of hydrogen-bond donors (Lipinski definition) is 0. The molecule has 6 aromatic heterocycles. The average Bonchev–Trinajstić information content (AvgIpc) is 0.879. The highest BCUT2D eigenvalue weighted by molar-refractivity contribution is 6.15. The molecular weight excluding hydrogens is 1180 g/mol. The van der Waals surface area contributed by atoms with Crippen molar-refractivity contribution in [2.45, 2.75) is 0 Å². The van der Waals surface area contributed by atoms with Gasteiger partial charge in [-0.05, 0) is 212 Å². The van der Waals surface area contributed by atoms with Gasteiger partial charge in [0.2, 0.25) is 0 Å². The van der Waals surface area contributed by atoms with Gasteiger partial charge in [-0.2, -0.15) is 0 Å². The van der Waals surface area contributed by atoms with Crippen LogP contribution in [0.15, 0.2) is 329 Å². The fraction of sp³-hybridized carbons (Fsp3) is 0. The van der Waals surface area contributed by atoms with E-state index < -0.39 is 0 Å². The summed E-state index contributed by atoms with van der Waals surface area (Å²) in [6.45, 7) is 0. The van der Waals surface area contributed by atoms with Gasteiger partial charge in [-0.3, -0.25) is 27.4 Å². The third-order valence-corrected chi connectivity index (χ3v) is 18.8. The van der Waals surface area contributed by atoms with E-state index in [1.54, 1.807) is 0 Å². The molecule has 0 saturated carbocycles. The monoisotopic (exact) mass is 1230 g/mol. The van der Waals surface area contributed by atoms with Crippen LogP contribution in [0.4, 0.5) is 0 Å². The van der Waals surface area contributed by atoms with E-state index in [1.807, 2.05) is 74.4 Å². The minimum absolute atomic E-state index is 0.932. The number of fused-ring (bicyclic) bond motifs is 6. The standard InChI is InChI=1S/C84H54N12/c1-7-19-73-67(13-1)85-49-91(73)61-37-25-55(26-38-61)79-80(56-27-39-62(40-28-56)92-50-86-68-14-2-8-20-74(68)92)82(58-31-43-64(44-32-58)94-52-88-70-16-4-10-22-76(70)94)84(60-35-47-66(48-36-60)96-54-90-72-18-6-12-24-78(72)96)83(59-33-45-65(46-34-59)95-53-89-71-17-5-11-23-77(71)95)81(79)57-29-41-63(42-30-57)93-51-87-69-15-3-9-21-75(69)93/h1-54H. The number of para-hydroxylation sites is 12. The minimum Gasteiger partial charge on any atom is -0.299 e. The molecule has 0 unspecified atom stereocenters. The Bertz CT molecular complexity index is 5160. The summed E-state index contributed by atoms with van der Waals surface area (Å²) >= 11 is 0. The Hall–Kier alpha value is -13.3. The van der Waals surface area contributed by atoms with E-state index in [0.29, 0.717) is 0 Å². The van der Waals surface area contributed by atoms with Gasteiger partial charge in [0.15, 0.2) is 0 Å². The van der Waals surface area contributed by atoms with Crippen molar-refractivity contribution in [3.63, 3.8) is 0 Å². The molecule has 450 valence electrons. The molecule has 0 aliphatic carbocycles. The predicted molar refractivity (Wildman–Crippen MR) is 387 cm³/mol. The summed E-state index contributed by atoms with van der Waals surface area (Å²) in [6.07, 6.45) is 11.5. The summed E-state index contributed by atoms with van der Waals surface area (Å²) in [7, 11) is 0. The number of benzene rings is 13. The molecule has 0 saturated heterocycles. The van der Waals surface area contributed by atoms with Gasteiger partial charge < -0.3 is 0 Å². The van der Waals surface area contributed by atoms with E-state index in [-0.39, 0.29) is 0 Å². The number of nitrogens with zero attached hydrogens (tertiary/aromatic N) is 12. The molecule has 12 heteroatoms. The summed E-state index contributed by atoms with van der Waals surface area (Å²) in [6, 6.07) is 104. The Morgan fingerprint density at radius 2 is 0.281 bits per heavy atom. The van der Waals surface area contributed by atoms with Crippen LogP contribution in [0.5, 0.6) is 0 Å². The lowest BCUT2D eigenvalue weighted by atomic mass is 9.74. The number of rotatable bonds is 12. The topological polar surface area (TPSA) is 107 Å². The molecule has 0 aliphatic rings. The fourth-order valence-electron chi connectivity index (χ4n) is 14.2. The highest BCUT2D eigenvalue weighted by atomic mass is 15.1. The predicted octanol–water partition coefficient (Wildman–Crippen LogP) is 19.7. The van der Waals surface area contributed by atoms with Crippen molar-refractivity contribution in [2.24, 2.45) is 0 Å². The molecule has 12 nitrogen and oxygen atoms in total. The van der Waals surface area contributed by atoms with Crippen molar-refractivity contribution in [3.05, 3.63) is 329 Å². The second-order valence-corrected chi connectivity index (χ2v) is 24.2. The van der Waals surface area contributed by atoms with Gasteiger partial charge in [0.1, 0.15) is 38.0 Å². The SMILES string of the molecule is c1ccc2c(c1)ncn2-c1ccc(-c2c(-c3ccc(-n4cnc5ccccc54)cc3)c(-c3ccc(-n4cnc5ccccc54)cc3)c(-c3ccc(-n4cnc5ccccc54)cc3)c(-c3ccc(-n4cnc5ccccc54)cc3)c2-c2ccc(-n3cnc4ccccc43)cc2)cc1. The third-order valence-electron chi connectivity index (χ3n) is 18.8. The molecule has 19 aromatic rings. The second-order valence-electron chi connectivity index (χ2n) is 24.2. The number of imidazole rings is 6. The zero-order valence-corrected chi connectivity index (χ0v) is 51.5. The summed E-state index contributed by atoms with van der Waals surface area (Å²) < 4.78 is 13.0. The number of hydrogen-bond acceptors (Lipinski definition) is 6. The van der Waals surface area contributed by atoms with E-state index in [2.05, 4.69) is 282 Å². The van der Waals surface area contributed by atoms with Crippen LogP contribution >= 0.6 is 0 Å². The largest absolute Gasteiger partial charge is 0.299 e. The van der Waals surface area contributed by atoms with Crippen molar-refractivity contribution < 1.29 is 0 Å². The van der Waals surface area contributed by atoms with Gasteiger partial charge >= 0.3 is 0 Å². The van der Waals surface area contributed by atoms with E-state index in [0.717, 1.165) is 167 Å². The first-order valence-corrected chi connectivity index (χ1v) is 32.0. The summed E-state index contributed by atoms with van der Waals surface area (Å²) in [5.74, 6) is 0. The van der Waals surface area contributed by atoms with Gasteiger partial charge in [0.25, 0.3) is 0 Å². The van der Waals surface area contributed by atoms with E-state index >= 15 is 0 Å². The van der Waals surface area contributed by atoms with Crippen LogP contribution in [0.3, 0.4) is 0 Å². The molecule has 0 bridgehead atoms. The Kier molecular flexibility index (Phi) is 12.6. The first-order chi connectivity index (χ1) is 47.6. The van der Waals surface area contributed by atoms with Gasteiger partial charge in [0, 0.05) is 34.1 Å². The van der Waals surface area contributed by atoms with Gasteiger partial charge in [-0.25, -0.2) is 29.9 Å². The Morgan fingerprint density at radius 1 is 0.146 bits per heavy atom. The van der Waals surface area contributed by atoms with E-state index in [1.165, 1.54) is 0 Å². The molecule has 0 radical (unpaired) electrons. The Balaban J connectivity index is 0.942. The maximum Gasteiger partial charge on any atom is 0.100 e. The lowest BCUT2D eigenvalue weighted by molar-refractivity contribution is 1.09. The van der Waals surface area contributed by atoms with Gasteiger partial charge in [-0.1, -0.05) is 146 Å². The molecule has 0 aliphatic heterocycles. The normalized spacial score (nSPS) is 11.8. The van der Waals surface area contributed by atoms with E-state index in [4.69, 9.17) is 29.9 Å². The summed E-state index contributed by atoms with van der Waals surface area (Å²) in [5.41, 5.74) is 30.3. The van der Waals surface area contributed by atoms with Gasteiger partial charge in [-0.15, -0.1) is 0 Å². The molecule has 96 heavy (non-hydrogen) atoms. The summed E-state index contributed by atoms with van der Waals surface area (Å²) in [4.78, 5) is 29.0. The molecule has 0 amide bonds. The number of aromatic nitrogens is 12. The zero-order chi connectivity index (χ0) is 63.2. The summed E-state index contributed by atoms with van der Waals surface area (Å²) in [5, 5.41) is 0. The van der Waals surface area contributed by atoms with Crippen molar-refractivity contribution in [3.8, 4) is 101 Å². The highest BCUT2D eigenvalue weighted by Crippen LogP contribution is 2.56. The van der Waals surface area contributed by atoms with Crippen LogP contribution < -0.4 is 0 Å². The van der Waals surface area contributed by atoms with Crippen LogP contribution in [0.2, 0.25) is 0 Å². The Labute approximate surface area is 550 Å². The first kappa shape index (κ1) is 54.4. The zero-order valence-electron chi connectivity index (χ0n) is 51.5.